The molecule has 3 rings (SSSR count). The van der Waals surface area contributed by atoms with Crippen LogP contribution in [0, 0.1) is 6.92 Å². The van der Waals surface area contributed by atoms with Crippen LogP contribution >= 0.6 is 15.9 Å². The third-order valence-electron chi connectivity index (χ3n) is 3.38. The molecule has 0 fully saturated rings. The highest BCUT2D eigenvalue weighted by molar-refractivity contribution is 9.10. The SMILES string of the molecule is Cc1ccc(C(O)c2cnc3ccccc3c2)c(Br)c1. The molecule has 0 aliphatic rings. The van der Waals surface area contributed by atoms with Gasteiger partial charge in [-0.1, -0.05) is 46.3 Å². The molecule has 0 saturated heterocycles. The van der Waals surface area contributed by atoms with Crippen molar-refractivity contribution in [1.29, 1.82) is 0 Å². The van der Waals surface area contributed by atoms with Gasteiger partial charge in [-0.3, -0.25) is 4.98 Å². The predicted molar refractivity (Wildman–Crippen MR) is 84.7 cm³/mol. The van der Waals surface area contributed by atoms with Gasteiger partial charge in [0.05, 0.1) is 5.52 Å². The number of hydrogen-bond donors (Lipinski definition) is 1. The van der Waals surface area contributed by atoms with Crippen LogP contribution in [0.5, 0.6) is 0 Å². The number of para-hydroxylation sites is 1. The van der Waals surface area contributed by atoms with Crippen LogP contribution < -0.4 is 0 Å². The second-order valence-electron chi connectivity index (χ2n) is 4.89. The van der Waals surface area contributed by atoms with E-state index >= 15 is 0 Å². The molecule has 1 heterocycles. The maximum atomic E-state index is 10.6. The lowest BCUT2D eigenvalue weighted by molar-refractivity contribution is 0.219. The summed E-state index contributed by atoms with van der Waals surface area (Å²) in [4.78, 5) is 4.40. The van der Waals surface area contributed by atoms with Crippen molar-refractivity contribution in [2.45, 2.75) is 13.0 Å². The average molecular weight is 328 g/mol. The molecule has 100 valence electrons. The van der Waals surface area contributed by atoms with Crippen molar-refractivity contribution in [3.63, 3.8) is 0 Å². The number of halogens is 1. The summed E-state index contributed by atoms with van der Waals surface area (Å²) in [7, 11) is 0. The van der Waals surface area contributed by atoms with Crippen molar-refractivity contribution >= 4 is 26.8 Å². The number of rotatable bonds is 2. The summed E-state index contributed by atoms with van der Waals surface area (Å²) < 4.78 is 0.915. The molecule has 0 radical (unpaired) electrons. The molecule has 20 heavy (non-hydrogen) atoms. The highest BCUT2D eigenvalue weighted by Gasteiger charge is 2.14. The number of pyridine rings is 1. The Labute approximate surface area is 126 Å². The Balaban J connectivity index is 2.05. The minimum Gasteiger partial charge on any atom is -0.384 e. The Morgan fingerprint density at radius 2 is 1.90 bits per heavy atom. The third-order valence-corrected chi connectivity index (χ3v) is 4.06. The Hall–Kier alpha value is -1.71. The third kappa shape index (κ3) is 2.47. The maximum absolute atomic E-state index is 10.6. The van der Waals surface area contributed by atoms with Crippen LogP contribution in [0.15, 0.2) is 59.2 Å². The zero-order valence-corrected chi connectivity index (χ0v) is 12.6. The molecule has 2 aromatic carbocycles. The van der Waals surface area contributed by atoms with Gasteiger partial charge in [-0.2, -0.15) is 0 Å². The number of aliphatic hydroxyl groups excluding tert-OH is 1. The van der Waals surface area contributed by atoms with E-state index in [1.54, 1.807) is 6.20 Å². The topological polar surface area (TPSA) is 33.1 Å². The summed E-state index contributed by atoms with van der Waals surface area (Å²) in [6, 6.07) is 15.8. The summed E-state index contributed by atoms with van der Waals surface area (Å²) in [5.74, 6) is 0. The first-order chi connectivity index (χ1) is 9.65. The maximum Gasteiger partial charge on any atom is 0.107 e. The van der Waals surface area contributed by atoms with Gasteiger partial charge in [-0.25, -0.2) is 0 Å². The molecule has 0 saturated carbocycles. The second-order valence-corrected chi connectivity index (χ2v) is 5.74. The fraction of sp³-hybridized carbons (Fsp3) is 0.118. The van der Waals surface area contributed by atoms with E-state index in [9.17, 15) is 5.11 Å². The molecule has 0 aliphatic heterocycles. The van der Waals surface area contributed by atoms with Crippen molar-refractivity contribution in [3.05, 3.63) is 75.9 Å². The monoisotopic (exact) mass is 327 g/mol. The second kappa shape index (κ2) is 5.35. The smallest absolute Gasteiger partial charge is 0.107 e. The number of nitrogens with zero attached hydrogens (tertiary/aromatic N) is 1. The summed E-state index contributed by atoms with van der Waals surface area (Å²) in [6.45, 7) is 2.03. The molecule has 1 atom stereocenters. The van der Waals surface area contributed by atoms with Gasteiger partial charge in [0, 0.05) is 21.6 Å². The lowest BCUT2D eigenvalue weighted by Crippen LogP contribution is -2.01. The lowest BCUT2D eigenvalue weighted by atomic mass is 10.0. The Morgan fingerprint density at radius 3 is 2.70 bits per heavy atom. The van der Waals surface area contributed by atoms with Crippen LogP contribution in [0.2, 0.25) is 0 Å². The molecule has 3 heteroatoms. The Morgan fingerprint density at radius 1 is 1.10 bits per heavy atom. The van der Waals surface area contributed by atoms with Crippen molar-refractivity contribution in [3.8, 4) is 0 Å². The summed E-state index contributed by atoms with van der Waals surface area (Å²) in [5.41, 5.74) is 3.75. The molecule has 1 N–H and O–H groups in total. The van der Waals surface area contributed by atoms with Crippen LogP contribution in [-0.2, 0) is 0 Å². The Bertz CT molecular complexity index is 770. The molecule has 3 aromatic rings. The molecule has 0 spiro atoms. The normalized spacial score (nSPS) is 12.6. The van der Waals surface area contributed by atoms with Gasteiger partial charge in [-0.15, -0.1) is 0 Å². The number of aromatic nitrogens is 1. The fourth-order valence-electron chi connectivity index (χ4n) is 2.27. The first-order valence-electron chi connectivity index (χ1n) is 6.44. The highest BCUT2D eigenvalue weighted by Crippen LogP contribution is 2.30. The van der Waals surface area contributed by atoms with E-state index in [-0.39, 0.29) is 0 Å². The molecular weight excluding hydrogens is 314 g/mol. The quantitative estimate of drug-likeness (QED) is 0.757. The minimum atomic E-state index is -0.679. The van der Waals surface area contributed by atoms with E-state index in [0.717, 1.165) is 32.1 Å². The fourth-order valence-corrected chi connectivity index (χ4v) is 2.98. The number of aryl methyl sites for hydroxylation is 1. The summed E-state index contributed by atoms with van der Waals surface area (Å²) in [6.07, 6.45) is 1.06. The van der Waals surface area contributed by atoms with Gasteiger partial charge in [0.2, 0.25) is 0 Å². The van der Waals surface area contributed by atoms with Gasteiger partial charge in [-0.05, 0) is 36.2 Å². The molecule has 0 bridgehead atoms. The molecule has 2 nitrogen and oxygen atoms in total. The van der Waals surface area contributed by atoms with Crippen LogP contribution in [0.3, 0.4) is 0 Å². The Kier molecular flexibility index (Phi) is 3.55. The zero-order chi connectivity index (χ0) is 14.1. The molecule has 1 aromatic heterocycles. The van der Waals surface area contributed by atoms with Crippen LogP contribution in [0.1, 0.15) is 22.8 Å². The van der Waals surface area contributed by atoms with Crippen molar-refractivity contribution < 1.29 is 5.11 Å². The summed E-state index contributed by atoms with van der Waals surface area (Å²) in [5, 5.41) is 11.6. The van der Waals surface area contributed by atoms with E-state index in [1.165, 1.54) is 0 Å². The number of fused-ring (bicyclic) bond motifs is 1. The highest BCUT2D eigenvalue weighted by atomic mass is 79.9. The van der Waals surface area contributed by atoms with Crippen LogP contribution in [-0.4, -0.2) is 10.1 Å². The van der Waals surface area contributed by atoms with E-state index in [2.05, 4.69) is 20.9 Å². The molecule has 0 amide bonds. The minimum absolute atomic E-state index is 0.679. The van der Waals surface area contributed by atoms with Gasteiger partial charge in [0.25, 0.3) is 0 Å². The van der Waals surface area contributed by atoms with Crippen molar-refractivity contribution in [2.75, 3.05) is 0 Å². The average Bonchev–Trinajstić information content (AvgIpc) is 2.46. The van der Waals surface area contributed by atoms with E-state index in [1.807, 2.05) is 55.5 Å². The molecular formula is C17H14BrNO. The first kappa shape index (κ1) is 13.3. The number of aliphatic hydroxyl groups is 1. The van der Waals surface area contributed by atoms with Crippen LogP contribution in [0.4, 0.5) is 0 Å². The van der Waals surface area contributed by atoms with Gasteiger partial charge in [0.15, 0.2) is 0 Å². The van der Waals surface area contributed by atoms with E-state index in [0.29, 0.717) is 0 Å². The summed E-state index contributed by atoms with van der Waals surface area (Å²) >= 11 is 3.51. The predicted octanol–water partition coefficient (Wildman–Crippen LogP) is 4.39. The van der Waals surface area contributed by atoms with Crippen molar-refractivity contribution in [2.24, 2.45) is 0 Å². The van der Waals surface area contributed by atoms with Crippen LogP contribution in [0.25, 0.3) is 10.9 Å². The standard InChI is InChI=1S/C17H14BrNO/c1-11-6-7-14(15(18)8-11)17(20)13-9-12-4-2-3-5-16(12)19-10-13/h2-10,17,20H,1H3. The first-order valence-corrected chi connectivity index (χ1v) is 7.23. The lowest BCUT2D eigenvalue weighted by Gasteiger charge is -2.14. The largest absolute Gasteiger partial charge is 0.384 e. The van der Waals surface area contributed by atoms with E-state index < -0.39 is 6.10 Å². The van der Waals surface area contributed by atoms with Gasteiger partial charge >= 0.3 is 0 Å². The van der Waals surface area contributed by atoms with Crippen molar-refractivity contribution in [1.82, 2.24) is 4.98 Å². The number of benzene rings is 2. The van der Waals surface area contributed by atoms with E-state index in [4.69, 9.17) is 0 Å². The van der Waals surface area contributed by atoms with Gasteiger partial charge in [0.1, 0.15) is 6.10 Å². The van der Waals surface area contributed by atoms with Gasteiger partial charge < -0.3 is 5.11 Å². The zero-order valence-electron chi connectivity index (χ0n) is 11.0. The molecule has 1 unspecified atom stereocenters. The number of hydrogen-bond acceptors (Lipinski definition) is 2. The molecule has 0 aliphatic carbocycles.